The van der Waals surface area contributed by atoms with E-state index in [1.165, 1.54) is 16.7 Å². The van der Waals surface area contributed by atoms with Gasteiger partial charge in [-0.05, 0) is 75.4 Å². The number of anilines is 1. The largest absolute Gasteiger partial charge is 0.456 e. The van der Waals surface area contributed by atoms with Gasteiger partial charge in [0.1, 0.15) is 11.3 Å². The van der Waals surface area contributed by atoms with Crippen molar-refractivity contribution < 1.29 is 13.9 Å². The molecule has 260 valence electrons. The lowest BCUT2D eigenvalue weighted by Crippen LogP contribution is -2.28. The molecular formula is C50H37NO3. The molecule has 4 nitrogen and oxygen atoms in total. The van der Waals surface area contributed by atoms with E-state index in [-0.39, 0.29) is 0 Å². The van der Waals surface area contributed by atoms with Crippen LogP contribution in [0.5, 0.6) is 23.0 Å². The molecule has 0 bridgehead atoms. The number of likely N-dealkylation sites (N-methyl/N-ethyl adjacent to an activating group) is 1. The lowest BCUT2D eigenvalue weighted by molar-refractivity contribution is 0.360. The van der Waals surface area contributed by atoms with E-state index in [2.05, 4.69) is 117 Å². The van der Waals surface area contributed by atoms with Crippen LogP contribution in [-0.4, -0.2) is 7.05 Å². The number of nitrogens with zero attached hydrogens (tertiary/aromatic N) is 1. The molecule has 0 atom stereocenters. The summed E-state index contributed by atoms with van der Waals surface area (Å²) in [5.41, 5.74) is 11.3. The molecule has 0 amide bonds. The second-order valence-electron chi connectivity index (χ2n) is 13.6. The van der Waals surface area contributed by atoms with Crippen LogP contribution in [0.3, 0.4) is 0 Å². The Kier molecular flexibility index (Phi) is 7.83. The van der Waals surface area contributed by atoms with Crippen molar-refractivity contribution in [2.24, 2.45) is 0 Å². The number of para-hydroxylation sites is 1. The lowest BCUT2D eigenvalue weighted by atomic mass is 9.68. The second-order valence-corrected chi connectivity index (χ2v) is 13.6. The Morgan fingerprint density at radius 2 is 1.31 bits per heavy atom. The molecule has 1 aromatic heterocycles. The Morgan fingerprint density at radius 3 is 2.06 bits per heavy atom. The maximum atomic E-state index is 6.81. The monoisotopic (exact) mass is 699 g/mol. The molecule has 0 saturated carbocycles. The summed E-state index contributed by atoms with van der Waals surface area (Å²) in [7, 11) is 1.97. The highest BCUT2D eigenvalue weighted by Gasteiger charge is 2.48. The van der Waals surface area contributed by atoms with Gasteiger partial charge in [0.15, 0.2) is 23.0 Å². The highest BCUT2D eigenvalue weighted by molar-refractivity contribution is 5.99. The standard InChI is InChI=1S/C50H37NO3/c1-6-42-47(39-22-14-16-24-43(39)52-42)34(4)32(2)25-26-33(3)51(5)37-27-29-44-46(31-37)53-45-30-28-41-48(49(45)54-44)38-21-13-15-23-40(38)50(41,35-17-9-7-10-18-35)36-19-11-8-12-20-36/h6-31H,1-4H2,5H3/b26-25-. The Balaban J connectivity index is 1.02. The smallest absolute Gasteiger partial charge is 0.178 e. The predicted octanol–water partition coefficient (Wildman–Crippen LogP) is 13.1. The van der Waals surface area contributed by atoms with Crippen LogP contribution < -0.4 is 14.4 Å². The quantitative estimate of drug-likeness (QED) is 0.141. The zero-order chi connectivity index (χ0) is 37.0. The first-order chi connectivity index (χ1) is 26.4. The molecule has 0 saturated heterocycles. The predicted molar refractivity (Wildman–Crippen MR) is 221 cm³/mol. The fraction of sp³-hybridized carbons (Fsp3) is 0.0400. The molecule has 1 aliphatic heterocycles. The molecule has 0 fully saturated rings. The Bertz CT molecular complexity index is 2660. The minimum absolute atomic E-state index is 0.522. The van der Waals surface area contributed by atoms with Crippen LogP contribution in [-0.2, 0) is 5.41 Å². The van der Waals surface area contributed by atoms with Crippen molar-refractivity contribution in [1.82, 2.24) is 0 Å². The molecule has 4 heteroatoms. The molecule has 6 aromatic carbocycles. The van der Waals surface area contributed by atoms with E-state index in [1.54, 1.807) is 6.08 Å². The number of benzene rings is 6. The van der Waals surface area contributed by atoms with E-state index in [1.807, 2.05) is 72.6 Å². The summed E-state index contributed by atoms with van der Waals surface area (Å²) < 4.78 is 19.5. The number of hydrogen-bond acceptors (Lipinski definition) is 4. The van der Waals surface area contributed by atoms with E-state index in [0.29, 0.717) is 23.0 Å². The fourth-order valence-electron chi connectivity index (χ4n) is 8.02. The third-order valence-electron chi connectivity index (χ3n) is 10.7. The van der Waals surface area contributed by atoms with Crippen LogP contribution in [0.25, 0.3) is 33.7 Å². The van der Waals surface area contributed by atoms with Gasteiger partial charge in [-0.1, -0.05) is 142 Å². The molecule has 2 aliphatic rings. The zero-order valence-electron chi connectivity index (χ0n) is 30.0. The first kappa shape index (κ1) is 32.8. The van der Waals surface area contributed by atoms with Crippen molar-refractivity contribution in [1.29, 1.82) is 0 Å². The average Bonchev–Trinajstić information content (AvgIpc) is 3.76. The van der Waals surface area contributed by atoms with Gasteiger partial charge < -0.3 is 18.8 Å². The molecular weight excluding hydrogens is 663 g/mol. The average molecular weight is 700 g/mol. The number of allylic oxidation sites excluding steroid dienone is 4. The molecule has 1 aliphatic carbocycles. The summed E-state index contributed by atoms with van der Waals surface area (Å²) in [5.74, 6) is 3.35. The topological polar surface area (TPSA) is 34.8 Å². The van der Waals surface area contributed by atoms with Crippen molar-refractivity contribution in [2.45, 2.75) is 5.41 Å². The molecule has 54 heavy (non-hydrogen) atoms. The van der Waals surface area contributed by atoms with Gasteiger partial charge in [0.25, 0.3) is 0 Å². The van der Waals surface area contributed by atoms with Crippen LogP contribution in [0.15, 0.2) is 194 Å². The minimum atomic E-state index is -0.522. The summed E-state index contributed by atoms with van der Waals surface area (Å²) in [6.45, 7) is 16.9. The highest BCUT2D eigenvalue weighted by atomic mass is 16.6. The molecule has 0 N–H and O–H groups in total. The normalized spacial score (nSPS) is 13.2. The number of rotatable bonds is 9. The van der Waals surface area contributed by atoms with Crippen LogP contribution in [0.4, 0.5) is 5.69 Å². The van der Waals surface area contributed by atoms with Crippen LogP contribution >= 0.6 is 0 Å². The van der Waals surface area contributed by atoms with Crippen molar-refractivity contribution in [2.75, 3.05) is 11.9 Å². The van der Waals surface area contributed by atoms with Gasteiger partial charge in [0.2, 0.25) is 0 Å². The zero-order valence-corrected chi connectivity index (χ0v) is 30.0. The highest BCUT2D eigenvalue weighted by Crippen LogP contribution is 2.62. The van der Waals surface area contributed by atoms with E-state index in [4.69, 9.17) is 13.9 Å². The molecule has 0 unspecified atom stereocenters. The van der Waals surface area contributed by atoms with Crippen molar-refractivity contribution in [3.05, 3.63) is 223 Å². The summed E-state index contributed by atoms with van der Waals surface area (Å²) in [6.07, 6.45) is 5.56. The summed E-state index contributed by atoms with van der Waals surface area (Å²) in [6, 6.07) is 48.2. The van der Waals surface area contributed by atoms with Gasteiger partial charge in [0, 0.05) is 41.0 Å². The van der Waals surface area contributed by atoms with Crippen LogP contribution in [0.2, 0.25) is 0 Å². The summed E-state index contributed by atoms with van der Waals surface area (Å²) >= 11 is 0. The second kappa shape index (κ2) is 12.9. The van der Waals surface area contributed by atoms with Crippen molar-refractivity contribution in [3.8, 4) is 34.1 Å². The van der Waals surface area contributed by atoms with E-state index < -0.39 is 5.41 Å². The van der Waals surface area contributed by atoms with Gasteiger partial charge in [-0.3, -0.25) is 0 Å². The minimum Gasteiger partial charge on any atom is -0.456 e. The van der Waals surface area contributed by atoms with Crippen LogP contribution in [0, 0.1) is 0 Å². The van der Waals surface area contributed by atoms with Crippen molar-refractivity contribution >= 4 is 28.3 Å². The van der Waals surface area contributed by atoms with E-state index in [9.17, 15) is 0 Å². The van der Waals surface area contributed by atoms with Gasteiger partial charge in [0.05, 0.1) is 5.41 Å². The fourth-order valence-corrected chi connectivity index (χ4v) is 8.02. The molecule has 0 spiro atoms. The number of furan rings is 1. The maximum Gasteiger partial charge on any atom is 0.178 e. The first-order valence-electron chi connectivity index (χ1n) is 17.9. The Hall–Kier alpha value is -7.04. The number of fused-ring (bicyclic) bond motifs is 7. The van der Waals surface area contributed by atoms with Gasteiger partial charge in [-0.25, -0.2) is 0 Å². The van der Waals surface area contributed by atoms with Crippen molar-refractivity contribution in [3.63, 3.8) is 0 Å². The molecule has 9 rings (SSSR count). The third kappa shape index (κ3) is 4.99. The molecule has 2 heterocycles. The van der Waals surface area contributed by atoms with E-state index in [0.717, 1.165) is 61.5 Å². The van der Waals surface area contributed by atoms with Crippen LogP contribution in [0.1, 0.15) is 33.6 Å². The van der Waals surface area contributed by atoms with Gasteiger partial charge in [-0.15, -0.1) is 0 Å². The lowest BCUT2D eigenvalue weighted by Gasteiger charge is -2.34. The third-order valence-corrected chi connectivity index (χ3v) is 10.7. The first-order valence-corrected chi connectivity index (χ1v) is 17.9. The number of hydrogen-bond donors (Lipinski definition) is 0. The van der Waals surface area contributed by atoms with Gasteiger partial charge in [-0.2, -0.15) is 0 Å². The SMILES string of the molecule is C=Cc1oc2ccccc2c1C(=C)C(=C)/C=C\C(=C)N(C)c1ccc2c(c1)Oc1ccc3c(c1O2)-c1ccccc1C3(c1ccccc1)c1ccccc1. The Labute approximate surface area is 315 Å². The van der Waals surface area contributed by atoms with E-state index >= 15 is 0 Å². The Morgan fingerprint density at radius 1 is 0.648 bits per heavy atom. The number of ether oxygens (including phenoxy) is 2. The molecule has 7 aromatic rings. The maximum absolute atomic E-state index is 6.81. The van der Waals surface area contributed by atoms with Gasteiger partial charge >= 0.3 is 0 Å². The summed E-state index contributed by atoms with van der Waals surface area (Å²) in [4.78, 5) is 2.00. The summed E-state index contributed by atoms with van der Waals surface area (Å²) in [5, 5.41) is 0.974. The molecule has 0 radical (unpaired) electrons.